The monoisotopic (exact) mass is 1770 g/mol. The molecule has 7 heterocycles. The fourth-order valence-corrected chi connectivity index (χ4v) is 11.4. The van der Waals surface area contributed by atoms with E-state index < -0.39 is 119 Å². The second-order valence-corrected chi connectivity index (χ2v) is 27.4. The molecule has 42 nitrogen and oxygen atoms in total. The van der Waals surface area contributed by atoms with Crippen molar-refractivity contribution in [1.29, 1.82) is 0 Å². The minimum atomic E-state index is -0.839. The highest BCUT2D eigenvalue weighted by molar-refractivity contribution is 5.00. The molecule has 0 bridgehead atoms. The first-order valence-electron chi connectivity index (χ1n) is 39.5. The topological polar surface area (TPSA) is 462 Å². The lowest BCUT2D eigenvalue weighted by Gasteiger charge is -2.13. The molecule has 7 aromatic heterocycles. The largest absolute Gasteiger partial charge is 0.338 e. The molecule has 128 heavy (non-hydrogen) atoms. The molecule has 42 heteroatoms. The van der Waals surface area contributed by atoms with Crippen LogP contribution >= 0.6 is 0 Å². The van der Waals surface area contributed by atoms with E-state index in [0.717, 1.165) is 95.9 Å². The lowest BCUT2D eigenvalue weighted by molar-refractivity contribution is 0.456. The summed E-state index contributed by atoms with van der Waals surface area (Å²) in [6, 6.07) is 0. The number of allylic oxidation sites excluding steroid dienone is 10. The second kappa shape index (κ2) is 53.9. The summed E-state index contributed by atoms with van der Waals surface area (Å²) in [5.41, 5.74) is -11.0. The third-order valence-electron chi connectivity index (χ3n) is 17.2. The van der Waals surface area contributed by atoms with Gasteiger partial charge >= 0.3 is 119 Å². The summed E-state index contributed by atoms with van der Waals surface area (Å²) >= 11 is 0. The van der Waals surface area contributed by atoms with Crippen molar-refractivity contribution in [3.8, 4) is 61.7 Å². The number of aromatic nitrogens is 21. The third kappa shape index (κ3) is 27.8. The van der Waals surface area contributed by atoms with Crippen LogP contribution in [0.1, 0.15) is 94.9 Å². The van der Waals surface area contributed by atoms with Gasteiger partial charge in [-0.3, -0.25) is 0 Å². The van der Waals surface area contributed by atoms with E-state index in [-0.39, 0.29) is 137 Å². The Balaban J connectivity index is 0.000000747. The smallest absolute Gasteiger partial charge is 0.247 e. The fourth-order valence-electron chi connectivity index (χ4n) is 11.4. The minimum absolute atomic E-state index is 0.0785. The Hall–Kier alpha value is -15.9. The van der Waals surface area contributed by atoms with Crippen LogP contribution in [0.5, 0.6) is 0 Å². The van der Waals surface area contributed by atoms with Crippen LogP contribution in [-0.2, 0) is 137 Å². The van der Waals surface area contributed by atoms with Crippen molar-refractivity contribution in [2.45, 2.75) is 232 Å². The standard InChI is InChI=1S/C14H21N3O3.2C13H19N3O3.C12H17N3O3.C12H9N3O3.C11H15N3O3.C11H11N3O3/c1-6-7-15-12(18)16(8-10(2)3)14(20)17(13(15)19)9-11(4)5;1-6-14-11(17)15(7-9(2)3)13(19)16(12(14)18)8-10(4)5;1-4-7-9-15-11(17)14(6-3)12(18)16(13(15)19)10-8-5-2;2*1-4-7-13-10(16)14(8-5-2)12(18)15(9-6-3)11(13)17;2*1-4-7-13-9(15)12(6-3)10(16)14(8-5-2)11(13)17/h2,4,6-9H2,1,3,5H3;2,4,6-8H2,1,3,5H3;4-5H,1-2,6-10H2,3H3;4-5H,1-2,6-9H2,3H3;1-3H,7-9H2;4-5H,1-2,6-8H2,3H3;1-2H,6-8H2,3H3. The van der Waals surface area contributed by atoms with Crippen LogP contribution in [0.4, 0.5) is 0 Å². The molecule has 0 saturated heterocycles. The third-order valence-corrected chi connectivity index (χ3v) is 17.2. The zero-order valence-electron chi connectivity index (χ0n) is 74.1. The fraction of sp³-hybridized carbons (Fsp3) is 0.407. The summed E-state index contributed by atoms with van der Waals surface area (Å²) in [6.07, 6.45) is 36.6. The predicted molar refractivity (Wildman–Crippen MR) is 492 cm³/mol. The number of hydrogen-bond acceptors (Lipinski definition) is 21. The van der Waals surface area contributed by atoms with E-state index in [0.29, 0.717) is 48.0 Å². The van der Waals surface area contributed by atoms with Crippen LogP contribution in [0, 0.1) is 61.7 Å². The lowest BCUT2D eigenvalue weighted by atomic mass is 10.3. The second-order valence-electron chi connectivity index (χ2n) is 27.4. The maximum atomic E-state index is 12.3. The van der Waals surface area contributed by atoms with Crippen molar-refractivity contribution in [3.63, 3.8) is 0 Å². The van der Waals surface area contributed by atoms with Crippen molar-refractivity contribution in [2.24, 2.45) is 0 Å². The van der Waals surface area contributed by atoms with Crippen LogP contribution in [0.3, 0.4) is 0 Å². The van der Waals surface area contributed by atoms with Crippen LogP contribution in [0.25, 0.3) is 0 Å². The predicted octanol–water partition coefficient (Wildman–Crippen LogP) is -2.53. The van der Waals surface area contributed by atoms with E-state index in [1.54, 1.807) is 67.5 Å². The Morgan fingerprint density at radius 3 is 0.531 bits per heavy atom. The molecule has 0 fully saturated rings. The highest BCUT2D eigenvalue weighted by Gasteiger charge is 2.21. The molecule has 0 aliphatic rings. The molecule has 0 radical (unpaired) electrons. The van der Waals surface area contributed by atoms with Crippen molar-refractivity contribution < 1.29 is 0 Å². The number of terminal acetylenes is 5. The molecule has 0 atom stereocenters. The van der Waals surface area contributed by atoms with Gasteiger partial charge in [0.2, 0.25) is 0 Å². The van der Waals surface area contributed by atoms with Crippen LogP contribution in [0.2, 0.25) is 0 Å². The summed E-state index contributed by atoms with van der Waals surface area (Å²) in [5.74, 6) is 10.8. The van der Waals surface area contributed by atoms with Gasteiger partial charge < -0.3 is 0 Å². The summed E-state index contributed by atoms with van der Waals surface area (Å²) in [5, 5.41) is 0. The Morgan fingerprint density at radius 1 is 0.219 bits per heavy atom. The van der Waals surface area contributed by atoms with Crippen LogP contribution < -0.4 is 119 Å². The van der Waals surface area contributed by atoms with E-state index in [1.165, 1.54) is 24.3 Å². The SMILES string of the molecule is C#CCn1c(=O)n(CC#C)c(=O)n(CC#C)c1=O.C#CCn1c(=O)n(CC)c(=O)n(CC#C)c1=O.C=C(C)Cn1c(=O)n(CC)c(=O)n(CC(=C)C)c1=O.C=C(C)Cn1c(=O)n(CCC)c(=O)n(CC(=C)C)c1=O.C=CCCn1c(=O)n(CC)c(=O)n(CCC=C)c1=O.C=CCn1c(=O)n(CC)c(=O)n(CC=C)c1=O.C=CCn1c(=O)n(CC=C)c(=O)n(CCC)c1=O. The van der Waals surface area contributed by atoms with Crippen molar-refractivity contribution in [1.82, 2.24) is 95.9 Å². The van der Waals surface area contributed by atoms with E-state index in [9.17, 15) is 101 Å². The first kappa shape index (κ1) is 110. The summed E-state index contributed by atoms with van der Waals surface area (Å²) in [4.78, 5) is 251. The zero-order chi connectivity index (χ0) is 98.0. The maximum absolute atomic E-state index is 12.3. The first-order chi connectivity index (χ1) is 60.5. The minimum Gasteiger partial charge on any atom is -0.247 e. The zero-order valence-corrected chi connectivity index (χ0v) is 74.1. The van der Waals surface area contributed by atoms with Crippen molar-refractivity contribution in [2.75, 3.05) is 0 Å². The molecule has 7 aromatic rings. The molecule has 0 aromatic carbocycles. The van der Waals surface area contributed by atoms with Gasteiger partial charge in [-0.05, 0) is 81.1 Å². The van der Waals surface area contributed by atoms with Gasteiger partial charge in [-0.15, -0.1) is 71.6 Å². The summed E-state index contributed by atoms with van der Waals surface area (Å²) in [7, 11) is 0. The van der Waals surface area contributed by atoms with Gasteiger partial charge in [-0.2, -0.15) is 0 Å². The number of nitrogens with zero attached hydrogens (tertiary/aromatic N) is 21. The molecule has 0 spiro atoms. The van der Waals surface area contributed by atoms with Gasteiger partial charge in [0.25, 0.3) is 0 Å². The molecule has 0 saturated carbocycles. The summed E-state index contributed by atoms with van der Waals surface area (Å²) in [6.45, 7) is 54.6. The Bertz CT molecular complexity index is 6580. The van der Waals surface area contributed by atoms with Crippen LogP contribution in [0.15, 0.2) is 225 Å². The van der Waals surface area contributed by atoms with Crippen LogP contribution in [-0.4, -0.2) is 95.9 Å². The summed E-state index contributed by atoms with van der Waals surface area (Å²) < 4.78 is 20.2. The van der Waals surface area contributed by atoms with Crippen molar-refractivity contribution >= 4 is 0 Å². The number of rotatable bonds is 35. The molecular weight excluding hydrogens is 1660 g/mol. The Labute approximate surface area is 731 Å². The highest BCUT2D eigenvalue weighted by atomic mass is 16.2. The average Bonchev–Trinajstić information content (AvgIpc) is 0.787. The molecule has 0 aliphatic heterocycles. The molecule has 0 aliphatic carbocycles. The maximum Gasteiger partial charge on any atom is 0.338 e. The Morgan fingerprint density at radius 2 is 0.359 bits per heavy atom. The molecule has 0 unspecified atom stereocenters. The van der Waals surface area contributed by atoms with Gasteiger partial charge in [-0.1, -0.05) is 129 Å². The van der Waals surface area contributed by atoms with Crippen molar-refractivity contribution in [3.05, 3.63) is 345 Å². The Kier molecular flexibility index (Phi) is 46.3. The van der Waals surface area contributed by atoms with E-state index in [1.807, 2.05) is 13.8 Å². The van der Waals surface area contributed by atoms with Gasteiger partial charge in [0.1, 0.15) is 0 Å². The quantitative estimate of drug-likeness (QED) is 0.0292. The normalized spacial score (nSPS) is 10.1. The van der Waals surface area contributed by atoms with Gasteiger partial charge in [0, 0.05) is 52.4 Å². The lowest BCUT2D eigenvalue weighted by Crippen LogP contribution is -2.54. The van der Waals surface area contributed by atoms with E-state index >= 15 is 0 Å². The molecular formula is C86H111N21O21. The first-order valence-corrected chi connectivity index (χ1v) is 39.5. The molecule has 686 valence electrons. The number of hydrogen-bond donors (Lipinski definition) is 0. The molecule has 0 N–H and O–H groups in total. The van der Waals surface area contributed by atoms with E-state index in [2.05, 4.69) is 95.4 Å². The average molecular weight is 1770 g/mol. The van der Waals surface area contributed by atoms with E-state index in [4.69, 9.17) is 32.1 Å². The van der Waals surface area contributed by atoms with Gasteiger partial charge in [0.05, 0.1) is 85.1 Å². The molecule has 7 rings (SSSR count). The highest BCUT2D eigenvalue weighted by Crippen LogP contribution is 1.95. The van der Waals surface area contributed by atoms with Gasteiger partial charge in [0.15, 0.2) is 0 Å². The molecule has 0 amide bonds. The van der Waals surface area contributed by atoms with Gasteiger partial charge in [-0.25, -0.2) is 197 Å².